The summed E-state index contributed by atoms with van der Waals surface area (Å²) in [4.78, 5) is 0. The monoisotopic (exact) mass is 414 g/mol. The zero-order valence-electron chi connectivity index (χ0n) is 18.4. The molecule has 0 unspecified atom stereocenters. The summed E-state index contributed by atoms with van der Waals surface area (Å²) in [6, 6.07) is 26.8. The van der Waals surface area contributed by atoms with Gasteiger partial charge in [0.25, 0.3) is 0 Å². The number of fused-ring (bicyclic) bond motifs is 1. The minimum Gasteiger partial charge on any atom is -0.360 e. The van der Waals surface area contributed by atoms with Gasteiger partial charge in [-0.3, -0.25) is 0 Å². The fourth-order valence-electron chi connectivity index (χ4n) is 3.68. The predicted molar refractivity (Wildman–Crippen MR) is 129 cm³/mol. The van der Waals surface area contributed by atoms with Gasteiger partial charge in [0.2, 0.25) is 0 Å². The van der Waals surface area contributed by atoms with Crippen molar-refractivity contribution in [2.45, 2.75) is 39.3 Å². The SMILES string of the molecule is Cc1ccccc1-c1ccc2c(c1)c(-c1ccccc1)nn2COCC[Si](C)(C)C. The summed E-state index contributed by atoms with van der Waals surface area (Å²) in [7, 11) is -1.10. The number of aromatic nitrogens is 2. The summed E-state index contributed by atoms with van der Waals surface area (Å²) in [5.41, 5.74) is 7.01. The topological polar surface area (TPSA) is 27.1 Å². The molecule has 30 heavy (non-hydrogen) atoms. The standard InChI is InChI=1S/C26H30N2OSi/c1-20-10-8-9-13-23(20)22-14-15-25-24(18-22)26(21-11-6-5-7-12-21)27-28(25)19-29-16-17-30(2,3)4/h5-15,18H,16-17,19H2,1-4H3. The Morgan fingerprint density at radius 3 is 2.33 bits per heavy atom. The van der Waals surface area contributed by atoms with E-state index in [2.05, 4.69) is 93.3 Å². The number of nitrogens with zero attached hydrogens (tertiary/aromatic N) is 2. The smallest absolute Gasteiger partial charge is 0.140 e. The van der Waals surface area contributed by atoms with Crippen LogP contribution in [0.1, 0.15) is 5.56 Å². The largest absolute Gasteiger partial charge is 0.360 e. The Kier molecular flexibility index (Phi) is 5.89. The Hall–Kier alpha value is -2.69. The molecule has 0 aliphatic carbocycles. The van der Waals surface area contributed by atoms with Gasteiger partial charge in [-0.15, -0.1) is 0 Å². The minimum atomic E-state index is -1.10. The quantitative estimate of drug-likeness (QED) is 0.241. The average Bonchev–Trinajstić information content (AvgIpc) is 3.09. The molecule has 0 bridgehead atoms. The fourth-order valence-corrected chi connectivity index (χ4v) is 4.44. The van der Waals surface area contributed by atoms with Crippen LogP contribution < -0.4 is 0 Å². The van der Waals surface area contributed by atoms with Crippen LogP contribution >= 0.6 is 0 Å². The molecule has 3 aromatic carbocycles. The zero-order chi connectivity index (χ0) is 21.1. The predicted octanol–water partition coefficient (Wildman–Crippen LogP) is 6.99. The second-order valence-electron chi connectivity index (χ2n) is 9.11. The second-order valence-corrected chi connectivity index (χ2v) is 14.7. The third-order valence-electron chi connectivity index (χ3n) is 5.46. The Balaban J connectivity index is 1.73. The number of ether oxygens (including phenoxy) is 1. The van der Waals surface area contributed by atoms with E-state index in [9.17, 15) is 0 Å². The Morgan fingerprint density at radius 2 is 1.60 bits per heavy atom. The maximum Gasteiger partial charge on any atom is 0.140 e. The number of hydrogen-bond acceptors (Lipinski definition) is 2. The van der Waals surface area contributed by atoms with Gasteiger partial charge in [-0.2, -0.15) is 5.10 Å². The molecular weight excluding hydrogens is 384 g/mol. The van der Waals surface area contributed by atoms with Gasteiger partial charge in [-0.1, -0.05) is 80.3 Å². The van der Waals surface area contributed by atoms with Gasteiger partial charge < -0.3 is 4.74 Å². The van der Waals surface area contributed by atoms with E-state index >= 15 is 0 Å². The highest BCUT2D eigenvalue weighted by Gasteiger charge is 2.15. The van der Waals surface area contributed by atoms with Gasteiger partial charge in [0.05, 0.1) is 5.52 Å². The Bertz CT molecular complexity index is 1140. The molecule has 4 heteroatoms. The highest BCUT2D eigenvalue weighted by Crippen LogP contribution is 2.33. The van der Waals surface area contributed by atoms with Crippen molar-refractivity contribution >= 4 is 19.0 Å². The molecule has 0 radical (unpaired) electrons. The number of aryl methyl sites for hydroxylation is 1. The maximum absolute atomic E-state index is 6.02. The molecule has 0 N–H and O–H groups in total. The van der Waals surface area contributed by atoms with Crippen molar-refractivity contribution in [2.24, 2.45) is 0 Å². The van der Waals surface area contributed by atoms with E-state index in [0.29, 0.717) is 6.73 Å². The first-order valence-corrected chi connectivity index (χ1v) is 14.3. The van der Waals surface area contributed by atoms with E-state index in [4.69, 9.17) is 9.84 Å². The Labute approximate surface area is 180 Å². The molecule has 0 fully saturated rings. The number of hydrogen-bond donors (Lipinski definition) is 0. The summed E-state index contributed by atoms with van der Waals surface area (Å²) in [5, 5.41) is 6.12. The first kappa shape index (κ1) is 20.6. The molecule has 0 amide bonds. The Morgan fingerprint density at radius 1 is 0.867 bits per heavy atom. The average molecular weight is 415 g/mol. The van der Waals surface area contributed by atoms with Gasteiger partial charge in [0.15, 0.2) is 0 Å². The number of rotatable bonds is 7. The lowest BCUT2D eigenvalue weighted by molar-refractivity contribution is 0.0818. The van der Waals surface area contributed by atoms with E-state index in [1.165, 1.54) is 16.7 Å². The third-order valence-corrected chi connectivity index (χ3v) is 7.17. The first-order valence-electron chi connectivity index (χ1n) is 10.6. The molecule has 154 valence electrons. The zero-order valence-corrected chi connectivity index (χ0v) is 19.4. The molecule has 0 atom stereocenters. The van der Waals surface area contributed by atoms with E-state index in [1.54, 1.807) is 0 Å². The highest BCUT2D eigenvalue weighted by atomic mass is 28.3. The van der Waals surface area contributed by atoms with Crippen LogP contribution in [0.15, 0.2) is 72.8 Å². The molecule has 0 aliphatic rings. The van der Waals surface area contributed by atoms with Gasteiger partial charge in [-0.25, -0.2) is 4.68 Å². The van der Waals surface area contributed by atoms with Crippen LogP contribution in [0.2, 0.25) is 25.7 Å². The maximum atomic E-state index is 6.02. The summed E-state index contributed by atoms with van der Waals surface area (Å²) in [6.45, 7) is 10.6. The summed E-state index contributed by atoms with van der Waals surface area (Å²) in [6.07, 6.45) is 0. The normalized spacial score (nSPS) is 11.9. The van der Waals surface area contributed by atoms with Crippen molar-refractivity contribution in [2.75, 3.05) is 6.61 Å². The molecule has 1 aromatic heterocycles. The van der Waals surface area contributed by atoms with Crippen LogP contribution in [0, 0.1) is 6.92 Å². The summed E-state index contributed by atoms with van der Waals surface area (Å²) in [5.74, 6) is 0. The van der Waals surface area contributed by atoms with Crippen LogP contribution in [-0.4, -0.2) is 24.5 Å². The minimum absolute atomic E-state index is 0.484. The van der Waals surface area contributed by atoms with E-state index < -0.39 is 8.07 Å². The second kappa shape index (κ2) is 8.58. The van der Waals surface area contributed by atoms with E-state index in [-0.39, 0.29) is 0 Å². The van der Waals surface area contributed by atoms with Crippen molar-refractivity contribution in [1.29, 1.82) is 0 Å². The van der Waals surface area contributed by atoms with Crippen LogP contribution in [0.3, 0.4) is 0 Å². The lowest BCUT2D eigenvalue weighted by Crippen LogP contribution is -2.22. The van der Waals surface area contributed by atoms with Crippen molar-refractivity contribution in [1.82, 2.24) is 9.78 Å². The molecule has 1 heterocycles. The first-order chi connectivity index (χ1) is 14.4. The lowest BCUT2D eigenvalue weighted by Gasteiger charge is -2.15. The van der Waals surface area contributed by atoms with Crippen LogP contribution in [-0.2, 0) is 11.5 Å². The molecule has 0 aliphatic heterocycles. The van der Waals surface area contributed by atoms with Gasteiger partial charge in [-0.05, 0) is 41.8 Å². The van der Waals surface area contributed by atoms with Gasteiger partial charge in [0, 0.05) is 25.6 Å². The van der Waals surface area contributed by atoms with Gasteiger partial charge >= 0.3 is 0 Å². The van der Waals surface area contributed by atoms with Crippen molar-refractivity contribution in [3.63, 3.8) is 0 Å². The molecule has 4 aromatic rings. The highest BCUT2D eigenvalue weighted by molar-refractivity contribution is 6.76. The van der Waals surface area contributed by atoms with Crippen LogP contribution in [0.25, 0.3) is 33.3 Å². The third kappa shape index (κ3) is 4.55. The summed E-state index contributed by atoms with van der Waals surface area (Å²) >= 11 is 0. The van der Waals surface area contributed by atoms with Crippen LogP contribution in [0.4, 0.5) is 0 Å². The molecule has 0 saturated carbocycles. The number of benzene rings is 3. The van der Waals surface area contributed by atoms with Crippen LogP contribution in [0.5, 0.6) is 0 Å². The van der Waals surface area contributed by atoms with Crippen molar-refractivity contribution in [3.8, 4) is 22.4 Å². The van der Waals surface area contributed by atoms with E-state index in [1.807, 2.05) is 10.7 Å². The molecule has 0 spiro atoms. The molecular formula is C26H30N2OSi. The molecule has 0 saturated heterocycles. The molecule has 3 nitrogen and oxygen atoms in total. The fraction of sp³-hybridized carbons (Fsp3) is 0.269. The van der Waals surface area contributed by atoms with Crippen molar-refractivity contribution in [3.05, 3.63) is 78.4 Å². The van der Waals surface area contributed by atoms with Gasteiger partial charge in [0.1, 0.15) is 12.4 Å². The lowest BCUT2D eigenvalue weighted by atomic mass is 9.98. The molecule has 4 rings (SSSR count). The van der Waals surface area contributed by atoms with Crippen molar-refractivity contribution < 1.29 is 4.74 Å². The summed E-state index contributed by atoms with van der Waals surface area (Å²) < 4.78 is 8.03. The van der Waals surface area contributed by atoms with E-state index in [0.717, 1.165) is 34.8 Å².